The summed E-state index contributed by atoms with van der Waals surface area (Å²) >= 11 is 2.97. The number of Topliss-reactive ketones (excluding diaryl/α,β-unsaturated/α-hetero) is 2. The second-order valence-electron chi connectivity index (χ2n) is 3.48. The molecule has 1 N–H and O–H groups in total. The SMILES string of the molecule is CCC(Br)(C(=O)C(=O)O)C(=O)c1ccccc1. The zero-order chi connectivity index (χ0) is 13.1. The first-order valence-electron chi connectivity index (χ1n) is 5.00. The van der Waals surface area contributed by atoms with Gasteiger partial charge < -0.3 is 5.11 Å². The van der Waals surface area contributed by atoms with Crippen LogP contribution in [0.25, 0.3) is 0 Å². The zero-order valence-electron chi connectivity index (χ0n) is 9.14. The molecule has 1 unspecified atom stereocenters. The highest BCUT2D eigenvalue weighted by molar-refractivity contribution is 9.10. The third-order valence-electron chi connectivity index (χ3n) is 2.44. The van der Waals surface area contributed by atoms with Crippen LogP contribution in [0, 0.1) is 0 Å². The van der Waals surface area contributed by atoms with E-state index in [2.05, 4.69) is 15.9 Å². The van der Waals surface area contributed by atoms with Crippen LogP contribution in [0.3, 0.4) is 0 Å². The summed E-state index contributed by atoms with van der Waals surface area (Å²) in [5, 5.41) is 8.71. The normalized spacial score (nSPS) is 13.8. The fourth-order valence-corrected chi connectivity index (χ4v) is 1.81. The number of carbonyl (C=O) groups is 3. The van der Waals surface area contributed by atoms with Crippen LogP contribution in [-0.2, 0) is 9.59 Å². The predicted octanol–water partition coefficient (Wildman–Crippen LogP) is 2.07. The fraction of sp³-hybridized carbons (Fsp3) is 0.250. The van der Waals surface area contributed by atoms with Crippen molar-refractivity contribution < 1.29 is 19.5 Å². The molecule has 0 aromatic heterocycles. The first-order valence-corrected chi connectivity index (χ1v) is 5.79. The average molecular weight is 299 g/mol. The van der Waals surface area contributed by atoms with Crippen molar-refractivity contribution in [3.05, 3.63) is 35.9 Å². The molecule has 1 aromatic carbocycles. The summed E-state index contributed by atoms with van der Waals surface area (Å²) in [5.41, 5.74) is 0.306. The van der Waals surface area contributed by atoms with E-state index in [4.69, 9.17) is 5.11 Å². The molecule has 0 aliphatic heterocycles. The highest BCUT2D eigenvalue weighted by Gasteiger charge is 2.45. The molecule has 90 valence electrons. The van der Waals surface area contributed by atoms with Crippen molar-refractivity contribution in [3.8, 4) is 0 Å². The van der Waals surface area contributed by atoms with Gasteiger partial charge in [0.05, 0.1) is 0 Å². The van der Waals surface area contributed by atoms with Crippen LogP contribution in [0.2, 0.25) is 0 Å². The van der Waals surface area contributed by atoms with E-state index in [1.54, 1.807) is 37.3 Å². The predicted molar refractivity (Wildman–Crippen MR) is 65.4 cm³/mol. The van der Waals surface area contributed by atoms with Gasteiger partial charge in [0.25, 0.3) is 5.78 Å². The summed E-state index contributed by atoms with van der Waals surface area (Å²) in [6.07, 6.45) is 0.0753. The van der Waals surface area contributed by atoms with E-state index < -0.39 is 21.9 Å². The zero-order valence-corrected chi connectivity index (χ0v) is 10.7. The standard InChI is InChI=1S/C12H11BrO4/c1-2-12(13,10(15)11(16)17)9(14)8-6-4-3-5-7-8/h3-7H,2H2,1H3,(H,16,17). The minimum Gasteiger partial charge on any atom is -0.475 e. The average Bonchev–Trinajstić information content (AvgIpc) is 2.36. The Hall–Kier alpha value is -1.49. The Morgan fingerprint density at radius 1 is 1.24 bits per heavy atom. The van der Waals surface area contributed by atoms with Crippen LogP contribution in [-0.4, -0.2) is 27.0 Å². The number of hydrogen-bond donors (Lipinski definition) is 1. The van der Waals surface area contributed by atoms with Crippen LogP contribution in [0.4, 0.5) is 0 Å². The molecular formula is C12H11BrO4. The number of carboxylic acid groups (broad SMARTS) is 1. The molecule has 0 heterocycles. The maximum atomic E-state index is 12.1. The molecule has 0 saturated heterocycles. The van der Waals surface area contributed by atoms with Crippen molar-refractivity contribution in [1.29, 1.82) is 0 Å². The van der Waals surface area contributed by atoms with Crippen molar-refractivity contribution in [3.63, 3.8) is 0 Å². The number of carbonyl (C=O) groups excluding carboxylic acids is 2. The van der Waals surface area contributed by atoms with Gasteiger partial charge in [0.15, 0.2) is 10.1 Å². The molecule has 0 aliphatic carbocycles. The number of hydrogen-bond acceptors (Lipinski definition) is 3. The van der Waals surface area contributed by atoms with Crippen LogP contribution in [0.1, 0.15) is 23.7 Å². The summed E-state index contributed by atoms with van der Waals surface area (Å²) in [5.74, 6) is -3.30. The number of halogens is 1. The molecule has 0 amide bonds. The van der Waals surface area contributed by atoms with Crippen molar-refractivity contribution in [1.82, 2.24) is 0 Å². The van der Waals surface area contributed by atoms with Gasteiger partial charge in [-0.1, -0.05) is 53.2 Å². The van der Waals surface area contributed by atoms with Crippen LogP contribution < -0.4 is 0 Å². The Balaban J connectivity index is 3.15. The molecule has 4 nitrogen and oxygen atoms in total. The third kappa shape index (κ3) is 2.61. The summed E-state index contributed by atoms with van der Waals surface area (Å²) in [4.78, 5) is 34.4. The van der Waals surface area contributed by atoms with Gasteiger partial charge in [-0.15, -0.1) is 0 Å². The molecule has 1 atom stereocenters. The first-order chi connectivity index (χ1) is 7.93. The minimum absolute atomic E-state index is 0.0753. The lowest BCUT2D eigenvalue weighted by molar-refractivity contribution is -0.149. The van der Waals surface area contributed by atoms with E-state index in [0.29, 0.717) is 5.56 Å². The van der Waals surface area contributed by atoms with Gasteiger partial charge in [-0.05, 0) is 6.42 Å². The van der Waals surface area contributed by atoms with E-state index >= 15 is 0 Å². The molecule has 1 rings (SSSR count). The van der Waals surface area contributed by atoms with Gasteiger partial charge in [0.2, 0.25) is 0 Å². The van der Waals surface area contributed by atoms with Crippen molar-refractivity contribution in [2.45, 2.75) is 17.7 Å². The number of benzene rings is 1. The Bertz CT molecular complexity index is 455. The lowest BCUT2D eigenvalue weighted by Gasteiger charge is -2.20. The molecule has 0 bridgehead atoms. The smallest absolute Gasteiger partial charge is 0.374 e. The van der Waals surface area contributed by atoms with Crippen LogP contribution >= 0.6 is 15.9 Å². The van der Waals surface area contributed by atoms with Crippen molar-refractivity contribution >= 4 is 33.5 Å². The summed E-state index contributed by atoms with van der Waals surface area (Å²) in [7, 11) is 0. The second-order valence-corrected chi connectivity index (χ2v) is 4.84. The van der Waals surface area contributed by atoms with Gasteiger partial charge >= 0.3 is 5.97 Å². The molecular weight excluding hydrogens is 288 g/mol. The molecule has 0 radical (unpaired) electrons. The van der Waals surface area contributed by atoms with Gasteiger partial charge in [0.1, 0.15) is 0 Å². The second kappa shape index (κ2) is 5.23. The van der Waals surface area contributed by atoms with Crippen LogP contribution in [0.15, 0.2) is 30.3 Å². The van der Waals surface area contributed by atoms with E-state index in [9.17, 15) is 14.4 Å². The fourth-order valence-electron chi connectivity index (χ4n) is 1.41. The van der Waals surface area contributed by atoms with Crippen molar-refractivity contribution in [2.24, 2.45) is 0 Å². The van der Waals surface area contributed by atoms with Gasteiger partial charge in [-0.2, -0.15) is 0 Å². The maximum absolute atomic E-state index is 12.1. The lowest BCUT2D eigenvalue weighted by Crippen LogP contribution is -2.44. The number of rotatable bonds is 5. The molecule has 0 saturated carbocycles. The Kier molecular flexibility index (Phi) is 4.17. The van der Waals surface area contributed by atoms with Gasteiger partial charge in [-0.25, -0.2) is 4.79 Å². The first kappa shape index (κ1) is 13.6. The molecule has 17 heavy (non-hydrogen) atoms. The molecule has 1 aromatic rings. The van der Waals surface area contributed by atoms with Gasteiger partial charge in [0, 0.05) is 5.56 Å². The topological polar surface area (TPSA) is 71.4 Å². The van der Waals surface area contributed by atoms with Crippen LogP contribution in [0.5, 0.6) is 0 Å². The highest BCUT2D eigenvalue weighted by atomic mass is 79.9. The minimum atomic E-state index is -1.68. The maximum Gasteiger partial charge on any atom is 0.374 e. The molecule has 0 fully saturated rings. The lowest BCUT2D eigenvalue weighted by atomic mass is 9.91. The number of aliphatic carboxylic acids is 1. The largest absolute Gasteiger partial charge is 0.475 e. The molecule has 0 spiro atoms. The number of ketones is 2. The Morgan fingerprint density at radius 2 is 1.76 bits per heavy atom. The number of carboxylic acids is 1. The summed E-state index contributed by atoms with van der Waals surface area (Å²) in [6, 6.07) is 8.13. The Morgan fingerprint density at radius 3 is 2.18 bits per heavy atom. The van der Waals surface area contributed by atoms with E-state index in [-0.39, 0.29) is 6.42 Å². The number of alkyl halides is 1. The molecule has 5 heteroatoms. The van der Waals surface area contributed by atoms with Crippen molar-refractivity contribution in [2.75, 3.05) is 0 Å². The Labute approximate surface area is 107 Å². The summed E-state index contributed by atoms with van der Waals surface area (Å²) in [6.45, 7) is 1.58. The van der Waals surface area contributed by atoms with E-state index in [1.807, 2.05) is 0 Å². The van der Waals surface area contributed by atoms with Gasteiger partial charge in [-0.3, -0.25) is 9.59 Å². The third-order valence-corrected chi connectivity index (χ3v) is 3.72. The highest BCUT2D eigenvalue weighted by Crippen LogP contribution is 2.28. The summed E-state index contributed by atoms with van der Waals surface area (Å²) < 4.78 is -1.68. The van der Waals surface area contributed by atoms with E-state index in [1.165, 1.54) is 0 Å². The monoisotopic (exact) mass is 298 g/mol. The van der Waals surface area contributed by atoms with E-state index in [0.717, 1.165) is 0 Å². The molecule has 0 aliphatic rings. The quantitative estimate of drug-likeness (QED) is 0.391.